The van der Waals surface area contributed by atoms with E-state index in [1.165, 1.54) is 11.3 Å². The van der Waals surface area contributed by atoms with Gasteiger partial charge in [-0.1, -0.05) is 13.8 Å². The second-order valence-corrected chi connectivity index (χ2v) is 4.92. The van der Waals surface area contributed by atoms with Crippen LogP contribution in [0.25, 0.3) is 0 Å². The number of thiophene rings is 1. The van der Waals surface area contributed by atoms with Crippen LogP contribution in [0.3, 0.4) is 0 Å². The summed E-state index contributed by atoms with van der Waals surface area (Å²) in [5.41, 5.74) is 6.46. The first-order valence-corrected chi connectivity index (χ1v) is 6.71. The number of amides is 1. The number of hydrogen-bond acceptors (Lipinski definition) is 5. The van der Waals surface area contributed by atoms with E-state index in [0.717, 1.165) is 12.8 Å². The molecule has 0 radical (unpaired) electrons. The number of nitriles is 1. The fourth-order valence-corrected chi connectivity index (χ4v) is 2.71. The van der Waals surface area contributed by atoms with E-state index in [1.807, 2.05) is 0 Å². The summed E-state index contributed by atoms with van der Waals surface area (Å²) in [6.07, 6.45) is 1.91. The smallest absolute Gasteiger partial charge is 0.263 e. The van der Waals surface area contributed by atoms with Crippen LogP contribution in [0.1, 0.15) is 41.9 Å². The third-order valence-electron chi connectivity index (χ3n) is 2.81. The Morgan fingerprint density at radius 3 is 2.56 bits per heavy atom. The van der Waals surface area contributed by atoms with Crippen LogP contribution >= 0.6 is 11.3 Å². The summed E-state index contributed by atoms with van der Waals surface area (Å²) in [6, 6.07) is 2.34. The van der Waals surface area contributed by atoms with E-state index >= 15 is 0 Å². The van der Waals surface area contributed by atoms with Gasteiger partial charge in [0.1, 0.15) is 21.5 Å². The van der Waals surface area contributed by atoms with Crippen molar-refractivity contribution in [2.45, 2.75) is 32.7 Å². The zero-order chi connectivity index (χ0) is 13.7. The molecule has 0 saturated heterocycles. The molecule has 0 unspecified atom stereocenters. The summed E-state index contributed by atoms with van der Waals surface area (Å²) in [4.78, 5) is 12.0. The van der Waals surface area contributed by atoms with Gasteiger partial charge in [0.25, 0.3) is 5.91 Å². The zero-order valence-electron chi connectivity index (χ0n) is 10.8. The summed E-state index contributed by atoms with van der Waals surface area (Å²) in [6.45, 7) is 4.15. The van der Waals surface area contributed by atoms with E-state index in [9.17, 15) is 4.79 Å². The summed E-state index contributed by atoms with van der Waals surface area (Å²) in [5, 5.41) is 15.6. The minimum atomic E-state index is -0.258. The van der Waals surface area contributed by atoms with Gasteiger partial charge in [0, 0.05) is 13.1 Å². The number of nitrogen functional groups attached to an aromatic ring is 1. The Labute approximate surface area is 111 Å². The molecule has 98 valence electrons. The molecular weight excluding hydrogens is 248 g/mol. The largest absolute Gasteiger partial charge is 0.396 e. The van der Waals surface area contributed by atoms with Gasteiger partial charge in [-0.05, 0) is 12.8 Å². The van der Waals surface area contributed by atoms with E-state index in [0.29, 0.717) is 15.4 Å². The number of hydrogen-bond donors (Lipinski definition) is 3. The number of carbonyl (C=O) groups excluding carboxylic acids is 1. The van der Waals surface area contributed by atoms with Crippen molar-refractivity contribution in [1.29, 1.82) is 5.26 Å². The van der Waals surface area contributed by atoms with E-state index in [-0.39, 0.29) is 17.6 Å². The van der Waals surface area contributed by atoms with Crippen LogP contribution in [0.5, 0.6) is 0 Å². The van der Waals surface area contributed by atoms with Crippen molar-refractivity contribution in [2.75, 3.05) is 18.1 Å². The number of carbonyl (C=O) groups is 1. The minimum Gasteiger partial charge on any atom is -0.396 e. The Kier molecular flexibility index (Phi) is 4.98. The number of nitrogens with zero attached hydrogens (tertiary/aromatic N) is 1. The summed E-state index contributed by atoms with van der Waals surface area (Å²) >= 11 is 1.23. The molecule has 18 heavy (non-hydrogen) atoms. The molecule has 0 aliphatic carbocycles. The molecule has 0 aromatic carbocycles. The Balaban J connectivity index is 3.13. The van der Waals surface area contributed by atoms with E-state index in [1.54, 1.807) is 7.05 Å². The predicted octanol–water partition coefficient (Wildman–Crippen LogP) is 2.16. The lowest BCUT2D eigenvalue weighted by molar-refractivity contribution is 0.0968. The van der Waals surface area contributed by atoms with Crippen LogP contribution in [0.2, 0.25) is 0 Å². The Bertz CT molecular complexity index is 471. The number of anilines is 2. The second-order valence-electron chi connectivity index (χ2n) is 3.90. The molecule has 0 spiro atoms. The van der Waals surface area contributed by atoms with Gasteiger partial charge in [0.15, 0.2) is 0 Å². The van der Waals surface area contributed by atoms with Gasteiger partial charge in [0.2, 0.25) is 0 Å². The van der Waals surface area contributed by atoms with Crippen LogP contribution < -0.4 is 16.4 Å². The first-order chi connectivity index (χ1) is 8.58. The van der Waals surface area contributed by atoms with Gasteiger partial charge in [-0.2, -0.15) is 5.26 Å². The monoisotopic (exact) mass is 266 g/mol. The maximum absolute atomic E-state index is 11.6. The van der Waals surface area contributed by atoms with Crippen molar-refractivity contribution < 1.29 is 4.79 Å². The normalized spacial score (nSPS) is 10.2. The number of nitrogens with one attached hydrogen (secondary N) is 2. The van der Waals surface area contributed by atoms with Crippen molar-refractivity contribution in [3.63, 3.8) is 0 Å². The molecule has 1 aromatic rings. The van der Waals surface area contributed by atoms with E-state index < -0.39 is 0 Å². The second kappa shape index (κ2) is 6.26. The van der Waals surface area contributed by atoms with Crippen LogP contribution in [0.4, 0.5) is 10.7 Å². The summed E-state index contributed by atoms with van der Waals surface area (Å²) in [5.74, 6) is -0.258. The van der Waals surface area contributed by atoms with Crippen LogP contribution in [0, 0.1) is 11.3 Å². The standard InChI is InChI=1S/C12H18N4OS/c1-4-7(5-2)16-12-8(6-13)9(14)10(18-12)11(17)15-3/h7,16H,4-5,14H2,1-3H3,(H,15,17). The van der Waals surface area contributed by atoms with Crippen LogP contribution in [-0.2, 0) is 0 Å². The number of rotatable bonds is 5. The highest BCUT2D eigenvalue weighted by Crippen LogP contribution is 2.35. The molecule has 0 aliphatic heterocycles. The number of nitrogens with two attached hydrogens (primary N) is 1. The lowest BCUT2D eigenvalue weighted by atomic mass is 10.1. The van der Waals surface area contributed by atoms with Gasteiger partial charge in [0.05, 0.1) is 5.69 Å². The Morgan fingerprint density at radius 2 is 2.11 bits per heavy atom. The van der Waals surface area contributed by atoms with E-state index in [4.69, 9.17) is 11.0 Å². The molecule has 4 N–H and O–H groups in total. The van der Waals surface area contributed by atoms with Gasteiger partial charge in [-0.25, -0.2) is 0 Å². The summed E-state index contributed by atoms with van der Waals surface area (Å²) in [7, 11) is 1.54. The fraction of sp³-hybridized carbons (Fsp3) is 0.500. The minimum absolute atomic E-state index is 0.258. The molecule has 5 nitrogen and oxygen atoms in total. The highest BCUT2D eigenvalue weighted by Gasteiger charge is 2.21. The Morgan fingerprint density at radius 1 is 1.50 bits per heavy atom. The van der Waals surface area contributed by atoms with Gasteiger partial charge >= 0.3 is 0 Å². The molecule has 1 amide bonds. The zero-order valence-corrected chi connectivity index (χ0v) is 11.6. The molecular formula is C12H18N4OS. The molecule has 0 atom stereocenters. The molecule has 1 rings (SSSR count). The average Bonchev–Trinajstić information content (AvgIpc) is 2.71. The first kappa shape index (κ1) is 14.3. The van der Waals surface area contributed by atoms with Crippen molar-refractivity contribution in [3.8, 4) is 6.07 Å². The molecule has 0 aliphatic rings. The highest BCUT2D eigenvalue weighted by atomic mass is 32.1. The van der Waals surface area contributed by atoms with Gasteiger partial charge in [-0.3, -0.25) is 4.79 Å². The molecule has 1 heterocycles. The maximum atomic E-state index is 11.6. The third kappa shape index (κ3) is 2.74. The first-order valence-electron chi connectivity index (χ1n) is 5.89. The lowest BCUT2D eigenvalue weighted by Gasteiger charge is -2.14. The SMILES string of the molecule is CCC(CC)Nc1sc(C(=O)NC)c(N)c1C#N. The molecule has 1 aromatic heterocycles. The lowest BCUT2D eigenvalue weighted by Crippen LogP contribution is -2.17. The maximum Gasteiger partial charge on any atom is 0.263 e. The summed E-state index contributed by atoms with van der Waals surface area (Å²) < 4.78 is 0. The molecule has 0 saturated carbocycles. The Hall–Kier alpha value is -1.74. The third-order valence-corrected chi connectivity index (χ3v) is 3.95. The average molecular weight is 266 g/mol. The van der Waals surface area contributed by atoms with Gasteiger partial charge < -0.3 is 16.4 Å². The molecule has 0 bridgehead atoms. The van der Waals surface area contributed by atoms with Crippen LogP contribution in [0.15, 0.2) is 0 Å². The van der Waals surface area contributed by atoms with Crippen LogP contribution in [-0.4, -0.2) is 19.0 Å². The fourth-order valence-electron chi connectivity index (χ4n) is 1.62. The van der Waals surface area contributed by atoms with Crippen molar-refractivity contribution in [3.05, 3.63) is 10.4 Å². The quantitative estimate of drug-likeness (QED) is 0.761. The van der Waals surface area contributed by atoms with E-state index in [2.05, 4.69) is 30.6 Å². The highest BCUT2D eigenvalue weighted by molar-refractivity contribution is 7.18. The molecule has 6 heteroatoms. The van der Waals surface area contributed by atoms with Crippen molar-refractivity contribution in [2.24, 2.45) is 0 Å². The topological polar surface area (TPSA) is 90.9 Å². The predicted molar refractivity (Wildman–Crippen MR) is 74.8 cm³/mol. The molecule has 0 fully saturated rings. The van der Waals surface area contributed by atoms with Crippen molar-refractivity contribution in [1.82, 2.24) is 5.32 Å². The van der Waals surface area contributed by atoms with Crippen molar-refractivity contribution >= 4 is 27.9 Å². The van der Waals surface area contributed by atoms with Gasteiger partial charge in [-0.15, -0.1) is 11.3 Å².